The van der Waals surface area contributed by atoms with Gasteiger partial charge in [-0.15, -0.1) is 11.6 Å². The van der Waals surface area contributed by atoms with Crippen molar-refractivity contribution in [2.75, 3.05) is 0 Å². The lowest BCUT2D eigenvalue weighted by Crippen LogP contribution is -2.41. The van der Waals surface area contributed by atoms with Crippen LogP contribution in [0.4, 0.5) is 0 Å². The SMILES string of the molecule is CC1(C)NC(=O)C2CCC(Cl)CC21. The first kappa shape index (κ1) is 9.32. The number of halogens is 1. The molecule has 1 aliphatic heterocycles. The molecule has 13 heavy (non-hydrogen) atoms. The second kappa shape index (κ2) is 2.88. The second-order valence-electron chi connectivity index (χ2n) is 4.83. The smallest absolute Gasteiger partial charge is 0.223 e. The third kappa shape index (κ3) is 1.45. The largest absolute Gasteiger partial charge is 0.351 e. The van der Waals surface area contributed by atoms with Crippen molar-refractivity contribution in [3.63, 3.8) is 0 Å². The van der Waals surface area contributed by atoms with Crippen LogP contribution in [-0.2, 0) is 4.79 Å². The minimum Gasteiger partial charge on any atom is -0.351 e. The summed E-state index contributed by atoms with van der Waals surface area (Å²) in [6, 6.07) is 0. The monoisotopic (exact) mass is 201 g/mol. The molecule has 2 rings (SSSR count). The summed E-state index contributed by atoms with van der Waals surface area (Å²) in [5, 5.41) is 3.33. The summed E-state index contributed by atoms with van der Waals surface area (Å²) in [7, 11) is 0. The highest BCUT2D eigenvalue weighted by molar-refractivity contribution is 6.20. The van der Waals surface area contributed by atoms with Gasteiger partial charge in [-0.05, 0) is 39.0 Å². The van der Waals surface area contributed by atoms with E-state index in [2.05, 4.69) is 19.2 Å². The first-order valence-corrected chi connectivity index (χ1v) is 5.40. The standard InChI is InChI=1S/C10H16ClNO/c1-10(2)8-5-6(11)3-4-7(8)9(13)12-10/h6-8H,3-5H2,1-2H3,(H,12,13). The molecule has 1 N–H and O–H groups in total. The van der Waals surface area contributed by atoms with Crippen molar-refractivity contribution in [2.24, 2.45) is 11.8 Å². The molecule has 2 aliphatic rings. The quantitative estimate of drug-likeness (QED) is 0.597. The fourth-order valence-corrected chi connectivity index (χ4v) is 3.05. The van der Waals surface area contributed by atoms with Gasteiger partial charge in [0.15, 0.2) is 0 Å². The molecule has 3 heteroatoms. The number of hydrogen-bond acceptors (Lipinski definition) is 1. The van der Waals surface area contributed by atoms with E-state index in [9.17, 15) is 4.79 Å². The minimum absolute atomic E-state index is 0.0463. The Balaban J connectivity index is 2.21. The third-order valence-electron chi connectivity index (χ3n) is 3.50. The summed E-state index contributed by atoms with van der Waals surface area (Å²) >= 11 is 6.12. The van der Waals surface area contributed by atoms with Gasteiger partial charge in [0.1, 0.15) is 0 Å². The van der Waals surface area contributed by atoms with Crippen molar-refractivity contribution in [3.8, 4) is 0 Å². The fourth-order valence-electron chi connectivity index (χ4n) is 2.73. The Bertz CT molecular complexity index is 239. The highest BCUT2D eigenvalue weighted by Gasteiger charge is 2.49. The number of rotatable bonds is 0. The van der Waals surface area contributed by atoms with Gasteiger partial charge in [0.25, 0.3) is 0 Å². The lowest BCUT2D eigenvalue weighted by atomic mass is 9.73. The van der Waals surface area contributed by atoms with E-state index in [1.807, 2.05) is 0 Å². The van der Waals surface area contributed by atoms with Gasteiger partial charge in [0.2, 0.25) is 5.91 Å². The van der Waals surface area contributed by atoms with Crippen LogP contribution in [0.25, 0.3) is 0 Å². The van der Waals surface area contributed by atoms with Gasteiger partial charge in [0.05, 0.1) is 0 Å². The van der Waals surface area contributed by atoms with E-state index in [0.29, 0.717) is 5.92 Å². The van der Waals surface area contributed by atoms with Gasteiger partial charge in [0, 0.05) is 16.8 Å². The Labute approximate surface area is 84.0 Å². The molecule has 0 aromatic carbocycles. The molecule has 1 heterocycles. The number of nitrogens with one attached hydrogen (secondary N) is 1. The molecule has 3 atom stereocenters. The first-order chi connectivity index (χ1) is 6.00. The molecule has 1 aliphatic carbocycles. The van der Waals surface area contributed by atoms with Gasteiger partial charge < -0.3 is 5.32 Å². The predicted molar refractivity (Wildman–Crippen MR) is 52.7 cm³/mol. The van der Waals surface area contributed by atoms with Crippen LogP contribution in [0.2, 0.25) is 0 Å². The maximum atomic E-state index is 11.6. The molecular formula is C10H16ClNO. The average Bonchev–Trinajstić information content (AvgIpc) is 2.23. The van der Waals surface area contributed by atoms with E-state index < -0.39 is 0 Å². The lowest BCUT2D eigenvalue weighted by molar-refractivity contribution is -0.123. The Morgan fingerprint density at radius 3 is 2.85 bits per heavy atom. The minimum atomic E-state index is -0.0463. The normalized spacial score (nSPS) is 42.7. The van der Waals surface area contributed by atoms with Crippen LogP contribution in [0.3, 0.4) is 0 Å². The van der Waals surface area contributed by atoms with E-state index >= 15 is 0 Å². The molecule has 0 aromatic heterocycles. The highest BCUT2D eigenvalue weighted by atomic mass is 35.5. The summed E-state index contributed by atoms with van der Waals surface area (Å²) in [5.74, 6) is 0.903. The van der Waals surface area contributed by atoms with E-state index in [1.165, 1.54) is 0 Å². The molecule has 0 spiro atoms. The third-order valence-corrected chi connectivity index (χ3v) is 3.89. The van der Waals surface area contributed by atoms with E-state index in [0.717, 1.165) is 19.3 Å². The highest BCUT2D eigenvalue weighted by Crippen LogP contribution is 2.43. The predicted octanol–water partition coefficient (Wildman–Crippen LogP) is 1.92. The Morgan fingerprint density at radius 2 is 2.15 bits per heavy atom. The lowest BCUT2D eigenvalue weighted by Gasteiger charge is -2.34. The van der Waals surface area contributed by atoms with Crippen molar-refractivity contribution in [3.05, 3.63) is 0 Å². The van der Waals surface area contributed by atoms with Crippen LogP contribution in [-0.4, -0.2) is 16.8 Å². The van der Waals surface area contributed by atoms with Crippen LogP contribution in [0, 0.1) is 11.8 Å². The van der Waals surface area contributed by atoms with Crippen molar-refractivity contribution in [2.45, 2.75) is 44.0 Å². The van der Waals surface area contributed by atoms with E-state index in [1.54, 1.807) is 0 Å². The van der Waals surface area contributed by atoms with Crippen LogP contribution < -0.4 is 5.32 Å². The molecule has 74 valence electrons. The molecule has 1 saturated heterocycles. The molecule has 0 radical (unpaired) electrons. The summed E-state index contributed by atoms with van der Waals surface area (Å²) < 4.78 is 0. The number of carbonyl (C=O) groups excluding carboxylic acids is 1. The Hall–Kier alpha value is -0.240. The number of hydrogen-bond donors (Lipinski definition) is 1. The molecule has 1 amide bonds. The van der Waals surface area contributed by atoms with E-state index in [-0.39, 0.29) is 22.7 Å². The molecule has 0 aromatic rings. The number of alkyl halides is 1. The van der Waals surface area contributed by atoms with Crippen molar-refractivity contribution in [1.29, 1.82) is 0 Å². The van der Waals surface area contributed by atoms with E-state index in [4.69, 9.17) is 11.6 Å². The van der Waals surface area contributed by atoms with Crippen LogP contribution in [0.1, 0.15) is 33.1 Å². The number of fused-ring (bicyclic) bond motifs is 1. The second-order valence-corrected chi connectivity index (χ2v) is 5.45. The molecule has 3 unspecified atom stereocenters. The topological polar surface area (TPSA) is 29.1 Å². The molecule has 1 saturated carbocycles. The number of amides is 1. The summed E-state index contributed by atoms with van der Waals surface area (Å²) in [6.45, 7) is 4.20. The fraction of sp³-hybridized carbons (Fsp3) is 0.900. The van der Waals surface area contributed by atoms with Gasteiger partial charge in [-0.25, -0.2) is 0 Å². The molecule has 0 bridgehead atoms. The van der Waals surface area contributed by atoms with Gasteiger partial charge in [-0.3, -0.25) is 4.79 Å². The van der Waals surface area contributed by atoms with Crippen LogP contribution in [0.5, 0.6) is 0 Å². The summed E-state index contributed by atoms with van der Waals surface area (Å²) in [5.41, 5.74) is -0.0463. The zero-order chi connectivity index (χ0) is 9.64. The zero-order valence-electron chi connectivity index (χ0n) is 8.14. The van der Waals surface area contributed by atoms with Gasteiger partial charge in [-0.1, -0.05) is 0 Å². The average molecular weight is 202 g/mol. The Morgan fingerprint density at radius 1 is 1.46 bits per heavy atom. The summed E-state index contributed by atoms with van der Waals surface area (Å²) in [6.07, 6.45) is 2.94. The van der Waals surface area contributed by atoms with Gasteiger partial charge in [-0.2, -0.15) is 0 Å². The molecular weight excluding hydrogens is 186 g/mol. The van der Waals surface area contributed by atoms with Gasteiger partial charge >= 0.3 is 0 Å². The molecule has 2 fully saturated rings. The first-order valence-electron chi connectivity index (χ1n) is 4.97. The van der Waals surface area contributed by atoms with Crippen LogP contribution >= 0.6 is 11.6 Å². The molecule has 2 nitrogen and oxygen atoms in total. The Kier molecular flexibility index (Phi) is 2.06. The number of carbonyl (C=O) groups is 1. The summed E-state index contributed by atoms with van der Waals surface area (Å²) in [4.78, 5) is 11.6. The zero-order valence-corrected chi connectivity index (χ0v) is 8.90. The maximum absolute atomic E-state index is 11.6. The van der Waals surface area contributed by atoms with Crippen LogP contribution in [0.15, 0.2) is 0 Å². The van der Waals surface area contributed by atoms with Crippen molar-refractivity contribution >= 4 is 17.5 Å². The van der Waals surface area contributed by atoms with Crippen molar-refractivity contribution < 1.29 is 4.79 Å². The van der Waals surface area contributed by atoms with Crippen molar-refractivity contribution in [1.82, 2.24) is 5.32 Å². The maximum Gasteiger partial charge on any atom is 0.223 e.